The number of unbranched alkanes of at least 4 members (excludes halogenated alkanes) is 24. The van der Waals surface area contributed by atoms with Crippen molar-refractivity contribution in [2.45, 2.75) is 236 Å². The van der Waals surface area contributed by atoms with Crippen molar-refractivity contribution in [3.05, 3.63) is 24.3 Å². The SMILES string of the molecule is CCCCCCCCCC/C=C/C(O)C(COC1OC(CO)C(O)C(O)C1O)NC(=O)CCCCCCCCC/C=C\CCCCCCCCCCC. The number of amides is 1. The minimum absolute atomic E-state index is 0.183. The van der Waals surface area contributed by atoms with Crippen LogP contribution in [-0.2, 0) is 14.3 Å². The quantitative estimate of drug-likeness (QED) is 0.0275. The summed E-state index contributed by atoms with van der Waals surface area (Å²) in [6, 6.07) is -0.802. The van der Waals surface area contributed by atoms with Crippen LogP contribution < -0.4 is 5.32 Å². The highest BCUT2D eigenvalue weighted by molar-refractivity contribution is 5.76. The number of aliphatic hydroxyl groups excluding tert-OH is 5. The van der Waals surface area contributed by atoms with Crippen LogP contribution in [-0.4, -0.2) is 87.5 Å². The van der Waals surface area contributed by atoms with Crippen molar-refractivity contribution in [3.8, 4) is 0 Å². The highest BCUT2D eigenvalue weighted by Gasteiger charge is 2.44. The van der Waals surface area contributed by atoms with E-state index in [9.17, 15) is 30.3 Å². The summed E-state index contributed by atoms with van der Waals surface area (Å²) in [5.74, 6) is -0.183. The van der Waals surface area contributed by atoms with Crippen molar-refractivity contribution in [1.82, 2.24) is 5.32 Å². The predicted molar refractivity (Wildman–Crippen MR) is 217 cm³/mol. The molecule has 0 bridgehead atoms. The van der Waals surface area contributed by atoms with Crippen LogP contribution in [0.5, 0.6) is 0 Å². The smallest absolute Gasteiger partial charge is 0.220 e. The standard InChI is InChI=1S/C44H83NO8/c1-3-5-7-9-11-13-15-16-17-18-19-20-21-22-23-24-26-28-30-32-34-40(48)45-37(36-52-44-43(51)42(50)41(49)39(35-46)53-44)38(47)33-31-29-27-25-14-12-10-8-6-4-2/h19-20,31,33,37-39,41-44,46-47,49-51H,3-18,21-30,32,34-36H2,1-2H3,(H,45,48)/b20-19-,33-31+. The van der Waals surface area contributed by atoms with Gasteiger partial charge in [-0.05, 0) is 44.9 Å². The molecule has 312 valence electrons. The van der Waals surface area contributed by atoms with Gasteiger partial charge in [0.15, 0.2) is 6.29 Å². The fraction of sp³-hybridized carbons (Fsp3) is 0.886. The Morgan fingerprint density at radius 2 is 1.06 bits per heavy atom. The molecule has 0 saturated carbocycles. The van der Waals surface area contributed by atoms with Gasteiger partial charge in [-0.2, -0.15) is 0 Å². The Balaban J connectivity index is 2.32. The monoisotopic (exact) mass is 754 g/mol. The van der Waals surface area contributed by atoms with Crippen LogP contribution in [0, 0.1) is 0 Å². The molecule has 53 heavy (non-hydrogen) atoms. The zero-order valence-electron chi connectivity index (χ0n) is 34.0. The molecular formula is C44H83NO8. The Kier molecular flexibility index (Phi) is 32.9. The average Bonchev–Trinajstić information content (AvgIpc) is 3.16. The minimum Gasteiger partial charge on any atom is -0.394 e. The van der Waals surface area contributed by atoms with Gasteiger partial charge in [0, 0.05) is 6.42 Å². The summed E-state index contributed by atoms with van der Waals surface area (Å²) >= 11 is 0. The van der Waals surface area contributed by atoms with Gasteiger partial charge >= 0.3 is 0 Å². The normalized spacial score (nSPS) is 21.8. The van der Waals surface area contributed by atoms with E-state index in [1.165, 1.54) is 135 Å². The van der Waals surface area contributed by atoms with Crippen molar-refractivity contribution in [3.63, 3.8) is 0 Å². The first-order chi connectivity index (χ1) is 25.8. The maximum atomic E-state index is 12.9. The number of hydrogen-bond acceptors (Lipinski definition) is 8. The van der Waals surface area contributed by atoms with Crippen LogP contribution in [0.3, 0.4) is 0 Å². The van der Waals surface area contributed by atoms with E-state index in [1.807, 2.05) is 6.08 Å². The number of carbonyl (C=O) groups is 1. The van der Waals surface area contributed by atoms with Crippen LogP contribution in [0.15, 0.2) is 24.3 Å². The molecule has 9 heteroatoms. The van der Waals surface area contributed by atoms with Crippen LogP contribution in [0.4, 0.5) is 0 Å². The molecule has 0 aromatic carbocycles. The number of ether oxygens (including phenoxy) is 2. The third kappa shape index (κ3) is 26.2. The molecule has 1 heterocycles. The van der Waals surface area contributed by atoms with Gasteiger partial charge in [0.25, 0.3) is 0 Å². The van der Waals surface area contributed by atoms with E-state index in [2.05, 4.69) is 31.3 Å². The number of aliphatic hydroxyl groups is 5. The summed E-state index contributed by atoms with van der Waals surface area (Å²) in [7, 11) is 0. The fourth-order valence-electron chi connectivity index (χ4n) is 6.91. The Hall–Kier alpha value is -1.33. The van der Waals surface area contributed by atoms with Gasteiger partial charge in [-0.1, -0.05) is 167 Å². The molecule has 1 aliphatic rings. The van der Waals surface area contributed by atoms with E-state index < -0.39 is 49.5 Å². The first-order valence-corrected chi connectivity index (χ1v) is 22.1. The fourth-order valence-corrected chi connectivity index (χ4v) is 6.91. The number of nitrogens with one attached hydrogen (secondary N) is 1. The van der Waals surface area contributed by atoms with Gasteiger partial charge in [-0.3, -0.25) is 4.79 Å². The van der Waals surface area contributed by atoms with E-state index in [4.69, 9.17) is 9.47 Å². The number of allylic oxidation sites excluding steroid dienone is 3. The highest BCUT2D eigenvalue weighted by atomic mass is 16.7. The van der Waals surface area contributed by atoms with E-state index >= 15 is 0 Å². The lowest BCUT2D eigenvalue weighted by atomic mass is 9.99. The minimum atomic E-state index is -1.56. The molecule has 1 saturated heterocycles. The molecule has 7 atom stereocenters. The first kappa shape index (κ1) is 49.7. The lowest BCUT2D eigenvalue weighted by Crippen LogP contribution is -2.60. The van der Waals surface area contributed by atoms with Gasteiger partial charge < -0.3 is 40.3 Å². The van der Waals surface area contributed by atoms with E-state index in [-0.39, 0.29) is 12.5 Å². The zero-order chi connectivity index (χ0) is 38.8. The molecule has 1 aliphatic heterocycles. The molecule has 1 amide bonds. The van der Waals surface area contributed by atoms with Gasteiger partial charge in [0.1, 0.15) is 24.4 Å². The van der Waals surface area contributed by atoms with Crippen molar-refractivity contribution < 1.29 is 39.8 Å². The maximum Gasteiger partial charge on any atom is 0.220 e. The van der Waals surface area contributed by atoms with E-state index in [0.29, 0.717) is 6.42 Å². The highest BCUT2D eigenvalue weighted by Crippen LogP contribution is 2.22. The van der Waals surface area contributed by atoms with E-state index in [1.54, 1.807) is 6.08 Å². The van der Waals surface area contributed by atoms with Crippen LogP contribution in [0.2, 0.25) is 0 Å². The molecule has 9 nitrogen and oxygen atoms in total. The first-order valence-electron chi connectivity index (χ1n) is 22.1. The lowest BCUT2D eigenvalue weighted by Gasteiger charge is -2.40. The van der Waals surface area contributed by atoms with Gasteiger partial charge in [-0.15, -0.1) is 0 Å². The van der Waals surface area contributed by atoms with Crippen molar-refractivity contribution in [1.29, 1.82) is 0 Å². The molecule has 0 aliphatic carbocycles. The zero-order valence-corrected chi connectivity index (χ0v) is 34.0. The number of rotatable bonds is 36. The summed E-state index contributed by atoms with van der Waals surface area (Å²) in [4.78, 5) is 12.9. The average molecular weight is 754 g/mol. The summed E-state index contributed by atoms with van der Waals surface area (Å²) in [5.41, 5.74) is 0. The number of carbonyl (C=O) groups excluding carboxylic acids is 1. The molecule has 1 rings (SSSR count). The second-order valence-electron chi connectivity index (χ2n) is 15.5. The predicted octanol–water partition coefficient (Wildman–Crippen LogP) is 8.72. The van der Waals surface area contributed by atoms with Crippen LogP contribution in [0.25, 0.3) is 0 Å². The number of hydrogen-bond donors (Lipinski definition) is 6. The van der Waals surface area contributed by atoms with Gasteiger partial charge in [0.05, 0.1) is 25.4 Å². The molecule has 0 radical (unpaired) electrons. The lowest BCUT2D eigenvalue weighted by molar-refractivity contribution is -0.302. The Labute approximate surface area is 324 Å². The third-order valence-corrected chi connectivity index (χ3v) is 10.5. The van der Waals surface area contributed by atoms with Crippen molar-refractivity contribution in [2.24, 2.45) is 0 Å². The summed E-state index contributed by atoms with van der Waals surface area (Å²) in [6.07, 6.45) is 33.7. The maximum absolute atomic E-state index is 12.9. The van der Waals surface area contributed by atoms with Crippen molar-refractivity contribution >= 4 is 5.91 Å². The van der Waals surface area contributed by atoms with Gasteiger partial charge in [-0.25, -0.2) is 0 Å². The largest absolute Gasteiger partial charge is 0.394 e. The molecular weight excluding hydrogens is 670 g/mol. The molecule has 0 spiro atoms. The second-order valence-corrected chi connectivity index (χ2v) is 15.5. The van der Waals surface area contributed by atoms with Crippen LogP contribution >= 0.6 is 0 Å². The Bertz CT molecular complexity index is 883. The Morgan fingerprint density at radius 1 is 0.623 bits per heavy atom. The van der Waals surface area contributed by atoms with Crippen molar-refractivity contribution in [2.75, 3.05) is 13.2 Å². The topological polar surface area (TPSA) is 149 Å². The molecule has 0 aromatic rings. The molecule has 6 N–H and O–H groups in total. The molecule has 1 fully saturated rings. The Morgan fingerprint density at radius 3 is 1.53 bits per heavy atom. The van der Waals surface area contributed by atoms with Gasteiger partial charge in [0.2, 0.25) is 5.91 Å². The molecule has 7 unspecified atom stereocenters. The van der Waals surface area contributed by atoms with Crippen LogP contribution in [0.1, 0.15) is 194 Å². The summed E-state index contributed by atoms with van der Waals surface area (Å²) in [6.45, 7) is 3.74. The third-order valence-electron chi connectivity index (χ3n) is 10.5. The summed E-state index contributed by atoms with van der Waals surface area (Å²) < 4.78 is 11.2. The molecule has 0 aromatic heterocycles. The summed E-state index contributed by atoms with van der Waals surface area (Å²) in [5, 5.41) is 54.0. The second kappa shape index (κ2) is 35.1. The van der Waals surface area contributed by atoms with E-state index in [0.717, 1.165) is 38.5 Å².